The second-order valence-corrected chi connectivity index (χ2v) is 4.95. The zero-order chi connectivity index (χ0) is 11.8. The van der Waals surface area contributed by atoms with E-state index >= 15 is 0 Å². The number of aromatic nitrogens is 1. The number of nitrogens with one attached hydrogen (secondary N) is 1. The third-order valence-corrected chi connectivity index (χ3v) is 3.41. The number of alkyl halides is 1. The Bertz CT molecular complexity index is 328. The number of carbonyl (C=O) groups excluding carboxylic acids is 1. The number of thiazole rings is 1. The quantitative estimate of drug-likeness (QED) is 0.605. The van der Waals surface area contributed by atoms with Crippen LogP contribution in [-0.2, 0) is 11.2 Å². The number of amides is 1. The summed E-state index contributed by atoms with van der Waals surface area (Å²) in [6.07, 6.45) is 3.16. The van der Waals surface area contributed by atoms with Crippen molar-refractivity contribution < 1.29 is 4.79 Å². The first-order valence-corrected chi connectivity index (χ1v) is 6.87. The molecule has 0 unspecified atom stereocenters. The Kier molecular flexibility index (Phi) is 6.42. The smallest absolute Gasteiger partial charge is 0.220 e. The molecule has 0 saturated heterocycles. The average molecular weight is 261 g/mol. The van der Waals surface area contributed by atoms with Gasteiger partial charge in [-0.1, -0.05) is 0 Å². The van der Waals surface area contributed by atoms with Crippen LogP contribution >= 0.6 is 22.9 Å². The fourth-order valence-corrected chi connectivity index (χ4v) is 2.26. The summed E-state index contributed by atoms with van der Waals surface area (Å²) in [6.45, 7) is 2.65. The van der Waals surface area contributed by atoms with E-state index in [4.69, 9.17) is 11.6 Å². The van der Waals surface area contributed by atoms with Crippen LogP contribution in [-0.4, -0.2) is 23.3 Å². The van der Waals surface area contributed by atoms with E-state index in [-0.39, 0.29) is 5.91 Å². The van der Waals surface area contributed by atoms with Crippen LogP contribution in [0.2, 0.25) is 0 Å². The maximum Gasteiger partial charge on any atom is 0.220 e. The number of unbranched alkanes of at least 4 members (excludes halogenated alkanes) is 1. The topological polar surface area (TPSA) is 42.0 Å². The van der Waals surface area contributed by atoms with Crippen LogP contribution in [0.5, 0.6) is 0 Å². The standard InChI is InChI=1S/C11H17ClN2OS/c1-9-8-16-11(14-9)5-7-13-10(15)4-2-3-6-12/h8H,2-7H2,1H3,(H,13,15). The summed E-state index contributed by atoms with van der Waals surface area (Å²) in [7, 11) is 0. The Morgan fingerprint density at radius 3 is 3.00 bits per heavy atom. The minimum Gasteiger partial charge on any atom is -0.356 e. The number of hydrogen-bond donors (Lipinski definition) is 1. The summed E-state index contributed by atoms with van der Waals surface area (Å²) in [5.74, 6) is 0.740. The maximum atomic E-state index is 11.3. The lowest BCUT2D eigenvalue weighted by molar-refractivity contribution is -0.121. The van der Waals surface area contributed by atoms with Gasteiger partial charge in [-0.05, 0) is 19.8 Å². The zero-order valence-electron chi connectivity index (χ0n) is 9.46. The Balaban J connectivity index is 2.08. The Hall–Kier alpha value is -0.610. The highest BCUT2D eigenvalue weighted by atomic mass is 35.5. The van der Waals surface area contributed by atoms with Gasteiger partial charge in [0.15, 0.2) is 0 Å². The van der Waals surface area contributed by atoms with Gasteiger partial charge >= 0.3 is 0 Å². The molecule has 1 N–H and O–H groups in total. The molecule has 90 valence electrons. The lowest BCUT2D eigenvalue weighted by Gasteiger charge is -2.02. The van der Waals surface area contributed by atoms with Crippen LogP contribution < -0.4 is 5.32 Å². The van der Waals surface area contributed by atoms with E-state index in [0.29, 0.717) is 18.8 Å². The van der Waals surface area contributed by atoms with Crippen LogP contribution in [0.4, 0.5) is 0 Å². The van der Waals surface area contributed by atoms with Gasteiger partial charge in [-0.2, -0.15) is 0 Å². The van der Waals surface area contributed by atoms with Gasteiger partial charge in [0.2, 0.25) is 5.91 Å². The van der Waals surface area contributed by atoms with Crippen LogP contribution in [0, 0.1) is 6.92 Å². The van der Waals surface area contributed by atoms with Crippen LogP contribution in [0.1, 0.15) is 30.0 Å². The van der Waals surface area contributed by atoms with E-state index < -0.39 is 0 Å². The van der Waals surface area contributed by atoms with E-state index in [1.165, 1.54) is 0 Å². The van der Waals surface area contributed by atoms with E-state index in [2.05, 4.69) is 10.3 Å². The van der Waals surface area contributed by atoms with Gasteiger partial charge in [-0.15, -0.1) is 22.9 Å². The summed E-state index contributed by atoms with van der Waals surface area (Å²) >= 11 is 7.18. The van der Waals surface area contributed by atoms with Gasteiger partial charge in [0, 0.05) is 36.3 Å². The van der Waals surface area contributed by atoms with E-state index in [1.54, 1.807) is 11.3 Å². The largest absolute Gasteiger partial charge is 0.356 e. The fourth-order valence-electron chi connectivity index (χ4n) is 1.29. The highest BCUT2D eigenvalue weighted by Gasteiger charge is 2.02. The van der Waals surface area contributed by atoms with Crippen molar-refractivity contribution in [3.05, 3.63) is 16.1 Å². The molecule has 3 nitrogen and oxygen atoms in total. The molecule has 5 heteroatoms. The first kappa shape index (κ1) is 13.5. The molecule has 0 bridgehead atoms. The van der Waals surface area contributed by atoms with Crippen LogP contribution in [0.15, 0.2) is 5.38 Å². The van der Waals surface area contributed by atoms with Crippen molar-refractivity contribution in [2.24, 2.45) is 0 Å². The van der Waals surface area contributed by atoms with Crippen molar-refractivity contribution in [3.8, 4) is 0 Å². The highest BCUT2D eigenvalue weighted by molar-refractivity contribution is 7.09. The molecular weight excluding hydrogens is 244 g/mol. The normalized spacial score (nSPS) is 10.4. The second-order valence-electron chi connectivity index (χ2n) is 3.63. The van der Waals surface area contributed by atoms with Crippen LogP contribution in [0.3, 0.4) is 0 Å². The SMILES string of the molecule is Cc1csc(CCNC(=O)CCCCCl)n1. The molecule has 1 amide bonds. The molecule has 0 aliphatic rings. The summed E-state index contributed by atoms with van der Waals surface area (Å²) < 4.78 is 0. The minimum atomic E-state index is 0.110. The maximum absolute atomic E-state index is 11.3. The summed E-state index contributed by atoms with van der Waals surface area (Å²) in [6, 6.07) is 0. The molecule has 0 spiro atoms. The first-order valence-electron chi connectivity index (χ1n) is 5.46. The molecule has 0 aliphatic heterocycles. The number of halogens is 1. The molecule has 0 aliphatic carbocycles. The summed E-state index contributed by atoms with van der Waals surface area (Å²) in [5, 5.41) is 5.99. The van der Waals surface area contributed by atoms with Crippen molar-refractivity contribution >= 4 is 28.8 Å². The minimum absolute atomic E-state index is 0.110. The average Bonchev–Trinajstić information content (AvgIpc) is 2.65. The van der Waals surface area contributed by atoms with E-state index in [0.717, 1.165) is 30.0 Å². The summed E-state index contributed by atoms with van der Waals surface area (Å²) in [5.41, 5.74) is 1.05. The van der Waals surface area contributed by atoms with E-state index in [1.807, 2.05) is 12.3 Å². The van der Waals surface area contributed by atoms with Gasteiger partial charge < -0.3 is 5.32 Å². The number of hydrogen-bond acceptors (Lipinski definition) is 3. The molecule has 1 heterocycles. The van der Waals surface area contributed by atoms with Gasteiger partial charge in [0.1, 0.15) is 0 Å². The van der Waals surface area contributed by atoms with Crippen molar-refractivity contribution in [2.45, 2.75) is 32.6 Å². The third kappa shape index (κ3) is 5.47. The zero-order valence-corrected chi connectivity index (χ0v) is 11.0. The van der Waals surface area contributed by atoms with Gasteiger partial charge in [0.25, 0.3) is 0 Å². The Morgan fingerprint density at radius 1 is 1.56 bits per heavy atom. The summed E-state index contributed by atoms with van der Waals surface area (Å²) in [4.78, 5) is 15.7. The van der Waals surface area contributed by atoms with Gasteiger partial charge in [-0.3, -0.25) is 4.79 Å². The molecular formula is C11H17ClN2OS. The molecule has 1 aromatic heterocycles. The molecule has 0 atom stereocenters. The Labute approximate surface area is 105 Å². The Morgan fingerprint density at radius 2 is 2.38 bits per heavy atom. The van der Waals surface area contributed by atoms with E-state index in [9.17, 15) is 4.79 Å². The van der Waals surface area contributed by atoms with Gasteiger partial charge in [-0.25, -0.2) is 4.98 Å². The third-order valence-electron chi connectivity index (χ3n) is 2.12. The monoisotopic (exact) mass is 260 g/mol. The van der Waals surface area contributed by atoms with Crippen molar-refractivity contribution in [3.63, 3.8) is 0 Å². The van der Waals surface area contributed by atoms with Crippen LogP contribution in [0.25, 0.3) is 0 Å². The predicted molar refractivity (Wildman–Crippen MR) is 68.1 cm³/mol. The number of aryl methyl sites for hydroxylation is 1. The molecule has 0 aromatic carbocycles. The molecule has 0 saturated carbocycles. The van der Waals surface area contributed by atoms with Crippen molar-refractivity contribution in [1.29, 1.82) is 0 Å². The number of nitrogens with zero attached hydrogens (tertiary/aromatic N) is 1. The molecule has 1 rings (SSSR count). The first-order chi connectivity index (χ1) is 7.72. The highest BCUT2D eigenvalue weighted by Crippen LogP contribution is 2.08. The molecule has 0 radical (unpaired) electrons. The lowest BCUT2D eigenvalue weighted by atomic mass is 10.2. The number of rotatable bonds is 7. The van der Waals surface area contributed by atoms with Gasteiger partial charge in [0.05, 0.1) is 5.01 Å². The molecule has 16 heavy (non-hydrogen) atoms. The fraction of sp³-hybridized carbons (Fsp3) is 0.636. The number of carbonyl (C=O) groups is 1. The molecule has 1 aromatic rings. The van der Waals surface area contributed by atoms with Crippen molar-refractivity contribution in [1.82, 2.24) is 10.3 Å². The lowest BCUT2D eigenvalue weighted by Crippen LogP contribution is -2.25. The molecule has 0 fully saturated rings. The van der Waals surface area contributed by atoms with Crippen molar-refractivity contribution in [2.75, 3.05) is 12.4 Å². The predicted octanol–water partition coefficient (Wildman–Crippen LogP) is 2.52. The second kappa shape index (κ2) is 7.63.